The number of hydrogen-bond acceptors (Lipinski definition) is 3. The lowest BCUT2D eigenvalue weighted by atomic mass is 9.99. The van der Waals surface area contributed by atoms with E-state index in [-0.39, 0.29) is 0 Å². The molecule has 0 radical (unpaired) electrons. The first-order valence-corrected chi connectivity index (χ1v) is 25.0. The molecule has 0 fully saturated rings. The Hall–Kier alpha value is -2.39. The second-order valence-corrected chi connectivity index (χ2v) is 17.6. The molecule has 0 spiro atoms. The number of hydrogen-bond donors (Lipinski definition) is 1. The summed E-state index contributed by atoms with van der Waals surface area (Å²) in [5, 5.41) is 0. The molecule has 2 nitrogen and oxygen atoms in total. The zero-order valence-corrected chi connectivity index (χ0v) is 38.1. The summed E-state index contributed by atoms with van der Waals surface area (Å²) in [6.45, 7) is 6.19. The van der Waals surface area contributed by atoms with Crippen LogP contribution in [0.1, 0.15) is 219 Å². The van der Waals surface area contributed by atoms with Crippen LogP contribution in [-0.4, -0.2) is 13.2 Å². The summed E-state index contributed by atoms with van der Waals surface area (Å²) in [7, 11) is 0. The van der Waals surface area contributed by atoms with E-state index in [0.29, 0.717) is 0 Å². The molecule has 3 aromatic rings. The molecule has 0 bridgehead atoms. The summed E-state index contributed by atoms with van der Waals surface area (Å²) in [6, 6.07) is 23.6. The molecular weight excluding hydrogens is 713 g/mol. The maximum atomic E-state index is 6.11. The highest BCUT2D eigenvalue weighted by molar-refractivity contribution is 7.80. The summed E-state index contributed by atoms with van der Waals surface area (Å²) >= 11 is 4.81. The van der Waals surface area contributed by atoms with E-state index < -0.39 is 0 Å². The highest BCUT2D eigenvalue weighted by Gasteiger charge is 2.08. The van der Waals surface area contributed by atoms with E-state index in [1.165, 1.54) is 204 Å². The van der Waals surface area contributed by atoms with Gasteiger partial charge in [-0.2, -0.15) is 0 Å². The third-order valence-corrected chi connectivity index (χ3v) is 12.3. The topological polar surface area (TPSA) is 18.5 Å². The van der Waals surface area contributed by atoms with Crippen LogP contribution in [0.15, 0.2) is 71.6 Å². The van der Waals surface area contributed by atoms with Crippen molar-refractivity contribution in [3.05, 3.63) is 66.7 Å². The third kappa shape index (κ3) is 24.3. The second kappa shape index (κ2) is 34.5. The number of rotatable bonds is 38. The second-order valence-electron chi connectivity index (χ2n) is 17.1. The molecule has 320 valence electrons. The van der Waals surface area contributed by atoms with Crippen molar-refractivity contribution in [2.75, 3.05) is 13.2 Å². The van der Waals surface area contributed by atoms with E-state index >= 15 is 0 Å². The number of benzene rings is 3. The Morgan fingerprint density at radius 2 is 0.596 bits per heavy atom. The van der Waals surface area contributed by atoms with Gasteiger partial charge in [0.05, 0.1) is 13.2 Å². The van der Waals surface area contributed by atoms with E-state index in [4.69, 9.17) is 22.1 Å². The average molecular weight is 799 g/mol. The summed E-state index contributed by atoms with van der Waals surface area (Å²) in [5.41, 5.74) is 4.69. The lowest BCUT2D eigenvalue weighted by molar-refractivity contribution is 0.304. The van der Waals surface area contributed by atoms with Crippen LogP contribution in [0, 0.1) is 0 Å². The van der Waals surface area contributed by atoms with Gasteiger partial charge >= 0.3 is 0 Å². The molecule has 0 heterocycles. The van der Waals surface area contributed by atoms with Crippen molar-refractivity contribution in [1.29, 1.82) is 0 Å². The van der Waals surface area contributed by atoms with Gasteiger partial charge in [-0.1, -0.05) is 237 Å². The molecule has 3 rings (SSSR count). The normalized spacial score (nSPS) is 11.4. The van der Waals surface area contributed by atoms with Gasteiger partial charge in [0.2, 0.25) is 0 Å². The molecule has 3 aromatic carbocycles. The quantitative estimate of drug-likeness (QED) is 0.0460. The zero-order chi connectivity index (χ0) is 40.3. The Morgan fingerprint density at radius 3 is 0.930 bits per heavy atom. The van der Waals surface area contributed by atoms with Crippen LogP contribution in [0.4, 0.5) is 0 Å². The van der Waals surface area contributed by atoms with Gasteiger partial charge < -0.3 is 9.47 Å². The van der Waals surface area contributed by atoms with E-state index in [0.717, 1.165) is 53.6 Å². The van der Waals surface area contributed by atoms with Crippen molar-refractivity contribution in [2.24, 2.45) is 0 Å². The van der Waals surface area contributed by atoms with Gasteiger partial charge in [-0.25, -0.2) is 0 Å². The van der Waals surface area contributed by atoms with Crippen LogP contribution in [0.2, 0.25) is 0 Å². The van der Waals surface area contributed by atoms with Gasteiger partial charge in [0.25, 0.3) is 0 Å². The maximum absolute atomic E-state index is 6.11. The molecule has 0 aliphatic carbocycles. The van der Waals surface area contributed by atoms with Gasteiger partial charge in [-0.3, -0.25) is 0 Å². The van der Waals surface area contributed by atoms with Crippen LogP contribution in [0.3, 0.4) is 0 Å². The smallest absolute Gasteiger partial charge is 0.119 e. The molecule has 57 heavy (non-hydrogen) atoms. The predicted molar refractivity (Wildman–Crippen MR) is 255 cm³/mol. The van der Waals surface area contributed by atoms with Crippen molar-refractivity contribution in [3.8, 4) is 33.8 Å². The molecule has 0 unspecified atom stereocenters. The van der Waals surface area contributed by atoms with Gasteiger partial charge in [0, 0.05) is 4.90 Å². The minimum atomic E-state index is 0.796. The summed E-state index contributed by atoms with van der Waals surface area (Å²) in [5.74, 6) is 1.91. The first kappa shape index (κ1) is 49.0. The third-order valence-electron chi connectivity index (χ3n) is 11.9. The summed E-state index contributed by atoms with van der Waals surface area (Å²) in [4.78, 5) is 0.986. The highest BCUT2D eigenvalue weighted by atomic mass is 32.1. The maximum Gasteiger partial charge on any atom is 0.119 e. The predicted octanol–water partition coefficient (Wildman–Crippen LogP) is 18.6. The first-order chi connectivity index (χ1) is 28.2. The summed E-state index contributed by atoms with van der Waals surface area (Å²) < 4.78 is 12.2. The SMILES string of the molecule is CCCCCCCCCCCCCCCCCCOc1ccc(-c2ccc(S)c(-c3ccc(OCCCCCCCCCCCCCCCCCC)cc3)c2)cc1. The minimum absolute atomic E-state index is 0.796. The average Bonchev–Trinajstić information content (AvgIpc) is 3.24. The van der Waals surface area contributed by atoms with E-state index in [1.807, 2.05) is 0 Å². The first-order valence-electron chi connectivity index (χ1n) is 24.5. The molecule has 0 amide bonds. The van der Waals surface area contributed by atoms with Crippen molar-refractivity contribution >= 4 is 12.6 Å². The highest BCUT2D eigenvalue weighted by Crippen LogP contribution is 2.33. The molecule has 0 atom stereocenters. The van der Waals surface area contributed by atoms with Crippen molar-refractivity contribution in [2.45, 2.75) is 224 Å². The number of thiol groups is 1. The monoisotopic (exact) mass is 799 g/mol. The lowest BCUT2D eigenvalue weighted by Gasteiger charge is -2.12. The number of ether oxygens (including phenoxy) is 2. The van der Waals surface area contributed by atoms with Gasteiger partial charge in [-0.05, 0) is 71.5 Å². The standard InChI is InChI=1S/C54H86O2S/c1-3-5-7-9-11-13-15-17-19-21-23-25-27-29-31-33-45-55-51-40-35-48(36-41-51)50-39-44-54(57)53(47-50)49-37-42-52(43-38-49)56-46-34-32-30-28-26-24-22-20-18-16-14-12-10-8-6-4-2/h35-44,47,57H,3-34,45-46H2,1-2H3. The molecule has 0 saturated carbocycles. The molecular formula is C54H86O2S. The summed E-state index contributed by atoms with van der Waals surface area (Å²) in [6.07, 6.45) is 44.5. The molecule has 0 N–H and O–H groups in total. The molecule has 0 aliphatic rings. The molecule has 0 aliphatic heterocycles. The van der Waals surface area contributed by atoms with Crippen molar-refractivity contribution < 1.29 is 9.47 Å². The van der Waals surface area contributed by atoms with Gasteiger partial charge in [0.1, 0.15) is 11.5 Å². The molecule has 0 saturated heterocycles. The Labute approximate surface area is 358 Å². The van der Waals surface area contributed by atoms with E-state index in [2.05, 4.69) is 80.6 Å². The Bertz CT molecular complexity index is 1330. The fraction of sp³-hybridized carbons (Fsp3) is 0.667. The van der Waals surface area contributed by atoms with Gasteiger partial charge in [0.15, 0.2) is 0 Å². The van der Waals surface area contributed by atoms with Crippen LogP contribution < -0.4 is 9.47 Å². The zero-order valence-electron chi connectivity index (χ0n) is 37.2. The van der Waals surface area contributed by atoms with Crippen LogP contribution >= 0.6 is 12.6 Å². The minimum Gasteiger partial charge on any atom is -0.494 e. The Balaban J connectivity index is 1.20. The van der Waals surface area contributed by atoms with Crippen LogP contribution in [-0.2, 0) is 0 Å². The largest absolute Gasteiger partial charge is 0.494 e. The fourth-order valence-corrected chi connectivity index (χ4v) is 8.37. The van der Waals surface area contributed by atoms with Gasteiger partial charge in [-0.15, -0.1) is 12.6 Å². The van der Waals surface area contributed by atoms with Crippen LogP contribution in [0.25, 0.3) is 22.3 Å². The van der Waals surface area contributed by atoms with Crippen LogP contribution in [0.5, 0.6) is 11.5 Å². The Kier molecular flexibility index (Phi) is 29.6. The Morgan fingerprint density at radius 1 is 0.316 bits per heavy atom. The van der Waals surface area contributed by atoms with Crippen molar-refractivity contribution in [3.63, 3.8) is 0 Å². The molecule has 0 aromatic heterocycles. The van der Waals surface area contributed by atoms with E-state index in [9.17, 15) is 0 Å². The number of unbranched alkanes of at least 4 members (excludes halogenated alkanes) is 30. The lowest BCUT2D eigenvalue weighted by Crippen LogP contribution is -1.97. The fourth-order valence-electron chi connectivity index (χ4n) is 8.10. The van der Waals surface area contributed by atoms with Crippen molar-refractivity contribution in [1.82, 2.24) is 0 Å². The molecule has 3 heteroatoms. The van der Waals surface area contributed by atoms with E-state index in [1.54, 1.807) is 0 Å².